The molecule has 1 aromatic heterocycles. The molecule has 0 aliphatic carbocycles. The fourth-order valence-electron chi connectivity index (χ4n) is 3.77. The van der Waals surface area contributed by atoms with E-state index >= 15 is 0 Å². The van der Waals surface area contributed by atoms with E-state index in [-0.39, 0.29) is 42.7 Å². The largest absolute Gasteiger partial charge is 0.471 e. The third kappa shape index (κ3) is 5.71. The van der Waals surface area contributed by atoms with Crippen LogP contribution in [0.1, 0.15) is 54.3 Å². The van der Waals surface area contributed by atoms with Crippen molar-refractivity contribution < 1.29 is 28.5 Å². The van der Waals surface area contributed by atoms with Crippen LogP contribution in [0.3, 0.4) is 0 Å². The highest BCUT2D eigenvalue weighted by atomic mass is 19.3. The van der Waals surface area contributed by atoms with Crippen molar-refractivity contribution in [3.8, 4) is 0 Å². The van der Waals surface area contributed by atoms with Gasteiger partial charge in [-0.2, -0.15) is 0 Å². The summed E-state index contributed by atoms with van der Waals surface area (Å²) in [5.41, 5.74) is 1.57. The number of rotatable bonds is 9. The molecule has 8 heteroatoms. The smallest absolute Gasteiger partial charge is 0.272 e. The Balaban J connectivity index is 1.76. The summed E-state index contributed by atoms with van der Waals surface area (Å²) in [5.74, 6) is -0.457. The van der Waals surface area contributed by atoms with Gasteiger partial charge in [0.15, 0.2) is 6.61 Å². The molecule has 0 amide bonds. The van der Waals surface area contributed by atoms with Gasteiger partial charge in [0, 0.05) is 24.5 Å². The lowest BCUT2D eigenvalue weighted by Gasteiger charge is -2.29. The van der Waals surface area contributed by atoms with Crippen LogP contribution in [0.5, 0.6) is 0 Å². The van der Waals surface area contributed by atoms with E-state index in [1.165, 1.54) is 0 Å². The van der Waals surface area contributed by atoms with Gasteiger partial charge in [-0.3, -0.25) is 9.78 Å². The Morgan fingerprint density at radius 1 is 1.26 bits per heavy atom. The number of Topliss-reactive ketones (excluding diaryl/α,β-unsaturated/α-hetero) is 1. The Labute approximate surface area is 179 Å². The maximum Gasteiger partial charge on any atom is 0.272 e. The van der Waals surface area contributed by atoms with Crippen LogP contribution in [-0.2, 0) is 29.1 Å². The number of aromatic nitrogens is 1. The standard InChI is InChI=1S/C23H26F2N2O4/c1-23(2,30)18(14-6-4-3-5-7-14)10-17(29)9-16-8-15-11-26-22(31-13-20(24)25)21(15)19(12-28)27-16/h3-8,18,20,28,30H,9-13H2,1-2H3/t18-/m0/s1. The monoisotopic (exact) mass is 432 g/mol. The first-order valence-electron chi connectivity index (χ1n) is 10.1. The molecule has 31 heavy (non-hydrogen) atoms. The minimum Gasteiger partial charge on any atom is -0.471 e. The molecule has 166 valence electrons. The molecule has 2 N–H and O–H groups in total. The predicted molar refractivity (Wildman–Crippen MR) is 111 cm³/mol. The number of aliphatic imine (C=N–C) groups is 1. The molecule has 2 heterocycles. The zero-order valence-corrected chi connectivity index (χ0v) is 17.5. The number of alkyl halides is 2. The molecule has 3 rings (SSSR count). The van der Waals surface area contributed by atoms with E-state index in [1.54, 1.807) is 19.9 Å². The number of fused-ring (bicyclic) bond motifs is 1. The highest BCUT2D eigenvalue weighted by Gasteiger charge is 2.31. The number of halogens is 2. The zero-order valence-electron chi connectivity index (χ0n) is 17.5. The first kappa shape index (κ1) is 23.0. The first-order chi connectivity index (χ1) is 14.7. The van der Waals surface area contributed by atoms with Gasteiger partial charge >= 0.3 is 0 Å². The average molecular weight is 432 g/mol. The normalized spacial score (nSPS) is 14.4. The van der Waals surface area contributed by atoms with Crippen molar-refractivity contribution in [2.45, 2.75) is 57.8 Å². The number of ketones is 1. The van der Waals surface area contributed by atoms with Gasteiger partial charge in [-0.05, 0) is 31.0 Å². The van der Waals surface area contributed by atoms with Crippen molar-refractivity contribution in [3.63, 3.8) is 0 Å². The maximum absolute atomic E-state index is 12.8. The van der Waals surface area contributed by atoms with Crippen molar-refractivity contribution in [2.24, 2.45) is 4.99 Å². The summed E-state index contributed by atoms with van der Waals surface area (Å²) < 4.78 is 30.0. The van der Waals surface area contributed by atoms with Crippen molar-refractivity contribution in [1.82, 2.24) is 4.98 Å². The quantitative estimate of drug-likeness (QED) is 0.635. The van der Waals surface area contributed by atoms with Gasteiger partial charge in [-0.25, -0.2) is 13.8 Å². The van der Waals surface area contributed by atoms with E-state index in [9.17, 15) is 23.8 Å². The van der Waals surface area contributed by atoms with Crippen LogP contribution in [0.15, 0.2) is 41.4 Å². The molecular formula is C23H26F2N2O4. The third-order valence-corrected chi connectivity index (χ3v) is 5.20. The third-order valence-electron chi connectivity index (χ3n) is 5.20. The van der Waals surface area contributed by atoms with E-state index in [1.807, 2.05) is 30.3 Å². The predicted octanol–water partition coefficient (Wildman–Crippen LogP) is 3.17. The van der Waals surface area contributed by atoms with Crippen molar-refractivity contribution in [1.29, 1.82) is 0 Å². The molecule has 1 aromatic carbocycles. The van der Waals surface area contributed by atoms with Gasteiger partial charge in [0.05, 0.1) is 30.0 Å². The number of pyridine rings is 1. The van der Waals surface area contributed by atoms with Crippen LogP contribution < -0.4 is 0 Å². The van der Waals surface area contributed by atoms with Crippen LogP contribution in [0.25, 0.3) is 0 Å². The Morgan fingerprint density at radius 2 is 1.97 bits per heavy atom. The molecule has 0 fully saturated rings. The summed E-state index contributed by atoms with van der Waals surface area (Å²) >= 11 is 0. The number of benzene rings is 1. The molecule has 0 unspecified atom stereocenters. The summed E-state index contributed by atoms with van der Waals surface area (Å²) in [6.45, 7) is 2.33. The van der Waals surface area contributed by atoms with E-state index in [4.69, 9.17) is 4.74 Å². The number of carbonyl (C=O) groups is 1. The summed E-state index contributed by atoms with van der Waals surface area (Å²) in [5, 5.41) is 20.3. The number of hydrogen-bond acceptors (Lipinski definition) is 6. The van der Waals surface area contributed by atoms with Crippen LogP contribution in [-0.4, -0.2) is 45.5 Å². The Bertz CT molecular complexity index is 956. The van der Waals surface area contributed by atoms with Gasteiger partial charge in [0.2, 0.25) is 5.90 Å². The number of hydrogen-bond donors (Lipinski definition) is 2. The Morgan fingerprint density at radius 3 is 2.58 bits per heavy atom. The van der Waals surface area contributed by atoms with Gasteiger partial charge in [0.1, 0.15) is 5.78 Å². The zero-order chi connectivity index (χ0) is 22.6. The molecule has 0 spiro atoms. The van der Waals surface area contributed by atoms with Gasteiger partial charge in [-0.15, -0.1) is 0 Å². The van der Waals surface area contributed by atoms with Crippen LogP contribution in [0.2, 0.25) is 0 Å². The molecular weight excluding hydrogens is 406 g/mol. The van der Waals surface area contributed by atoms with Gasteiger partial charge in [0.25, 0.3) is 6.43 Å². The first-order valence-corrected chi connectivity index (χ1v) is 10.1. The van der Waals surface area contributed by atoms with Crippen molar-refractivity contribution in [2.75, 3.05) is 6.61 Å². The molecule has 1 aliphatic rings. The topological polar surface area (TPSA) is 92.0 Å². The summed E-state index contributed by atoms with van der Waals surface area (Å²) in [6.07, 6.45) is -2.49. The molecule has 0 bridgehead atoms. The van der Waals surface area contributed by atoms with Gasteiger partial charge < -0.3 is 14.9 Å². The molecule has 0 saturated heterocycles. The number of nitrogens with zero attached hydrogens (tertiary/aromatic N) is 2. The van der Waals surface area contributed by atoms with Crippen LogP contribution in [0, 0.1) is 0 Å². The average Bonchev–Trinajstić information content (AvgIpc) is 3.12. The molecule has 6 nitrogen and oxygen atoms in total. The maximum atomic E-state index is 12.8. The molecule has 2 aromatic rings. The molecule has 0 radical (unpaired) electrons. The van der Waals surface area contributed by atoms with Crippen LogP contribution >= 0.6 is 0 Å². The van der Waals surface area contributed by atoms with E-state index < -0.39 is 25.2 Å². The number of carbonyl (C=O) groups excluding carboxylic acids is 1. The summed E-state index contributed by atoms with van der Waals surface area (Å²) in [6, 6.07) is 11.1. The number of ether oxygens (including phenoxy) is 1. The number of aliphatic hydroxyl groups is 2. The molecule has 1 aliphatic heterocycles. The number of aliphatic hydroxyl groups excluding tert-OH is 1. The lowest BCUT2D eigenvalue weighted by atomic mass is 9.80. The highest BCUT2D eigenvalue weighted by Crippen LogP contribution is 2.32. The second-order valence-corrected chi connectivity index (χ2v) is 8.11. The fraction of sp³-hybridized carbons (Fsp3) is 0.435. The van der Waals surface area contributed by atoms with Gasteiger partial charge in [-0.1, -0.05) is 30.3 Å². The lowest BCUT2D eigenvalue weighted by Crippen LogP contribution is -2.31. The van der Waals surface area contributed by atoms with E-state index in [2.05, 4.69) is 9.98 Å². The lowest BCUT2D eigenvalue weighted by molar-refractivity contribution is -0.120. The second-order valence-electron chi connectivity index (χ2n) is 8.11. The van der Waals surface area contributed by atoms with Crippen molar-refractivity contribution in [3.05, 3.63) is 64.5 Å². The van der Waals surface area contributed by atoms with E-state index in [0.717, 1.165) is 5.56 Å². The summed E-state index contributed by atoms with van der Waals surface area (Å²) in [7, 11) is 0. The highest BCUT2D eigenvalue weighted by molar-refractivity contribution is 5.98. The fourth-order valence-corrected chi connectivity index (χ4v) is 3.77. The minimum absolute atomic E-state index is 0.0208. The van der Waals surface area contributed by atoms with E-state index in [0.29, 0.717) is 16.8 Å². The Hall–Kier alpha value is -2.71. The van der Waals surface area contributed by atoms with Crippen LogP contribution in [0.4, 0.5) is 8.78 Å². The molecule has 1 atom stereocenters. The Kier molecular flexibility index (Phi) is 7.12. The minimum atomic E-state index is -2.64. The second kappa shape index (κ2) is 9.62. The molecule has 0 saturated carbocycles. The summed E-state index contributed by atoms with van der Waals surface area (Å²) in [4.78, 5) is 21.3. The SMILES string of the molecule is CC(C)(O)[C@@H](CC(=O)Cc1cc2c(c(CO)n1)C(OCC(F)F)=NC2)c1ccccc1. The van der Waals surface area contributed by atoms with Crippen molar-refractivity contribution >= 4 is 11.7 Å².